The van der Waals surface area contributed by atoms with Crippen LogP contribution in [0.1, 0.15) is 11.4 Å². The molecule has 0 bridgehead atoms. The third-order valence-corrected chi connectivity index (χ3v) is 3.16. The number of halogens is 2. The van der Waals surface area contributed by atoms with E-state index in [1.165, 1.54) is 0 Å². The first kappa shape index (κ1) is 10.8. The van der Waals surface area contributed by atoms with Crippen molar-refractivity contribution >= 4 is 31.9 Å². The third-order valence-electron chi connectivity index (χ3n) is 2.10. The van der Waals surface area contributed by atoms with Crippen molar-refractivity contribution in [1.82, 2.24) is 15.0 Å². The lowest BCUT2D eigenvalue weighted by Gasteiger charge is -2.03. The molecular formula is C10H9Br2N3. The van der Waals surface area contributed by atoms with Gasteiger partial charge in [-0.25, -0.2) is 4.68 Å². The molecule has 15 heavy (non-hydrogen) atoms. The Balaban J connectivity index is 2.49. The van der Waals surface area contributed by atoms with Crippen LogP contribution in [-0.2, 0) is 10.7 Å². The summed E-state index contributed by atoms with van der Waals surface area (Å²) >= 11 is 6.85. The van der Waals surface area contributed by atoms with Gasteiger partial charge in [-0.2, -0.15) is 0 Å². The van der Waals surface area contributed by atoms with E-state index in [-0.39, 0.29) is 0 Å². The Bertz CT molecular complexity index is 439. The van der Waals surface area contributed by atoms with Gasteiger partial charge in [-0.3, -0.25) is 0 Å². The molecule has 78 valence electrons. The van der Waals surface area contributed by atoms with E-state index >= 15 is 0 Å². The van der Waals surface area contributed by atoms with Gasteiger partial charge in [-0.05, 0) is 12.1 Å². The molecule has 0 N–H and O–H groups in total. The van der Waals surface area contributed by atoms with Gasteiger partial charge in [0, 0.05) is 10.7 Å². The van der Waals surface area contributed by atoms with Crippen LogP contribution in [0.4, 0.5) is 0 Å². The zero-order valence-electron chi connectivity index (χ0n) is 7.90. The van der Waals surface area contributed by atoms with Gasteiger partial charge in [-0.15, -0.1) is 5.10 Å². The Morgan fingerprint density at radius 1 is 1.07 bits per heavy atom. The summed E-state index contributed by atoms with van der Waals surface area (Å²) in [6.07, 6.45) is 0. The largest absolute Gasteiger partial charge is 0.216 e. The minimum Gasteiger partial charge on any atom is -0.216 e. The van der Waals surface area contributed by atoms with Crippen LogP contribution in [0.2, 0.25) is 0 Å². The van der Waals surface area contributed by atoms with Gasteiger partial charge in [0.15, 0.2) is 0 Å². The van der Waals surface area contributed by atoms with Crippen LogP contribution in [0.15, 0.2) is 30.3 Å². The second-order valence-electron chi connectivity index (χ2n) is 3.00. The Labute approximate surface area is 105 Å². The van der Waals surface area contributed by atoms with Crippen molar-refractivity contribution in [3.8, 4) is 5.69 Å². The quantitative estimate of drug-likeness (QED) is 0.810. The van der Waals surface area contributed by atoms with Gasteiger partial charge < -0.3 is 0 Å². The Kier molecular flexibility index (Phi) is 3.53. The molecule has 1 aromatic carbocycles. The molecule has 0 aliphatic heterocycles. The first-order valence-corrected chi connectivity index (χ1v) is 6.72. The molecular weight excluding hydrogens is 322 g/mol. The first-order chi connectivity index (χ1) is 7.36. The van der Waals surface area contributed by atoms with Gasteiger partial charge in [-0.1, -0.05) is 55.3 Å². The van der Waals surface area contributed by atoms with Crippen molar-refractivity contribution in [3.63, 3.8) is 0 Å². The number of alkyl halides is 2. The average molecular weight is 331 g/mol. The van der Waals surface area contributed by atoms with Crippen LogP contribution >= 0.6 is 31.9 Å². The maximum Gasteiger partial charge on any atom is 0.0977 e. The first-order valence-electron chi connectivity index (χ1n) is 4.47. The Morgan fingerprint density at radius 2 is 1.80 bits per heavy atom. The molecule has 2 rings (SSSR count). The number of hydrogen-bond acceptors (Lipinski definition) is 2. The molecule has 0 saturated heterocycles. The van der Waals surface area contributed by atoms with Crippen LogP contribution in [0.5, 0.6) is 0 Å². The van der Waals surface area contributed by atoms with Crippen LogP contribution < -0.4 is 0 Å². The van der Waals surface area contributed by atoms with E-state index in [1.54, 1.807) is 0 Å². The van der Waals surface area contributed by atoms with Crippen molar-refractivity contribution < 1.29 is 0 Å². The second-order valence-corrected chi connectivity index (χ2v) is 4.12. The molecule has 0 aliphatic rings. The predicted octanol–water partition coefficient (Wildman–Crippen LogP) is 3.06. The van der Waals surface area contributed by atoms with Crippen molar-refractivity contribution in [2.75, 3.05) is 0 Å². The monoisotopic (exact) mass is 329 g/mol. The number of benzene rings is 1. The molecule has 2 aromatic rings. The normalized spacial score (nSPS) is 10.5. The van der Waals surface area contributed by atoms with E-state index < -0.39 is 0 Å². The maximum absolute atomic E-state index is 4.13. The van der Waals surface area contributed by atoms with Gasteiger partial charge in [0.2, 0.25) is 0 Å². The molecule has 0 amide bonds. The number of aromatic nitrogens is 3. The van der Waals surface area contributed by atoms with Gasteiger partial charge >= 0.3 is 0 Å². The van der Waals surface area contributed by atoms with Gasteiger partial charge in [0.05, 0.1) is 17.1 Å². The van der Waals surface area contributed by atoms with E-state index in [0.717, 1.165) is 27.7 Å². The molecule has 0 spiro atoms. The predicted molar refractivity (Wildman–Crippen MR) is 66.6 cm³/mol. The highest BCUT2D eigenvalue weighted by molar-refractivity contribution is 9.09. The molecule has 0 unspecified atom stereocenters. The van der Waals surface area contributed by atoms with E-state index in [1.807, 2.05) is 35.0 Å². The van der Waals surface area contributed by atoms with Crippen LogP contribution in [-0.4, -0.2) is 15.0 Å². The van der Waals surface area contributed by atoms with Gasteiger partial charge in [0.1, 0.15) is 0 Å². The Hall–Kier alpha value is -0.680. The lowest BCUT2D eigenvalue weighted by Crippen LogP contribution is -2.01. The fourth-order valence-electron chi connectivity index (χ4n) is 1.35. The molecule has 0 radical (unpaired) electrons. The molecule has 0 aliphatic carbocycles. The highest BCUT2D eigenvalue weighted by atomic mass is 79.9. The van der Waals surface area contributed by atoms with Crippen molar-refractivity contribution in [1.29, 1.82) is 0 Å². The molecule has 0 fully saturated rings. The zero-order valence-corrected chi connectivity index (χ0v) is 11.1. The second kappa shape index (κ2) is 4.90. The van der Waals surface area contributed by atoms with E-state index in [0.29, 0.717) is 0 Å². The zero-order chi connectivity index (χ0) is 10.7. The van der Waals surface area contributed by atoms with Crippen molar-refractivity contribution in [3.05, 3.63) is 41.7 Å². The summed E-state index contributed by atoms with van der Waals surface area (Å²) in [5.74, 6) is 0. The minimum atomic E-state index is 0.723. The van der Waals surface area contributed by atoms with E-state index in [4.69, 9.17) is 0 Å². The lowest BCUT2D eigenvalue weighted by molar-refractivity contribution is 0.782. The summed E-state index contributed by atoms with van der Waals surface area (Å²) in [5, 5.41) is 9.72. The highest BCUT2D eigenvalue weighted by Gasteiger charge is 2.11. The maximum atomic E-state index is 4.13. The summed E-state index contributed by atoms with van der Waals surface area (Å²) in [6.45, 7) is 0. The fraction of sp³-hybridized carbons (Fsp3) is 0.200. The number of hydrogen-bond donors (Lipinski definition) is 0. The third kappa shape index (κ3) is 2.13. The molecule has 1 heterocycles. The highest BCUT2D eigenvalue weighted by Crippen LogP contribution is 2.17. The topological polar surface area (TPSA) is 30.7 Å². The van der Waals surface area contributed by atoms with Gasteiger partial charge in [0.25, 0.3) is 0 Å². The summed E-state index contributed by atoms with van der Waals surface area (Å²) in [5.41, 5.74) is 3.08. The summed E-state index contributed by atoms with van der Waals surface area (Å²) in [6, 6.07) is 9.99. The summed E-state index contributed by atoms with van der Waals surface area (Å²) < 4.78 is 1.85. The number of para-hydroxylation sites is 1. The molecule has 0 atom stereocenters. The minimum absolute atomic E-state index is 0.723. The molecule has 3 nitrogen and oxygen atoms in total. The van der Waals surface area contributed by atoms with E-state index in [2.05, 4.69) is 42.2 Å². The van der Waals surface area contributed by atoms with Crippen LogP contribution in [0.3, 0.4) is 0 Å². The molecule has 0 saturated carbocycles. The molecule has 1 aromatic heterocycles. The summed E-state index contributed by atoms with van der Waals surface area (Å²) in [4.78, 5) is 0. The smallest absolute Gasteiger partial charge is 0.0977 e. The fourth-order valence-corrected chi connectivity index (χ4v) is 2.34. The Morgan fingerprint density at radius 3 is 2.40 bits per heavy atom. The van der Waals surface area contributed by atoms with E-state index in [9.17, 15) is 0 Å². The van der Waals surface area contributed by atoms with Crippen molar-refractivity contribution in [2.45, 2.75) is 10.7 Å². The summed E-state index contributed by atoms with van der Waals surface area (Å²) in [7, 11) is 0. The van der Waals surface area contributed by atoms with Crippen molar-refractivity contribution in [2.24, 2.45) is 0 Å². The van der Waals surface area contributed by atoms with Crippen LogP contribution in [0, 0.1) is 0 Å². The number of nitrogens with zero attached hydrogens (tertiary/aromatic N) is 3. The lowest BCUT2D eigenvalue weighted by atomic mass is 10.3. The molecule has 5 heteroatoms. The number of rotatable bonds is 3. The van der Waals surface area contributed by atoms with Crippen LogP contribution in [0.25, 0.3) is 5.69 Å². The SMILES string of the molecule is BrCc1nnn(-c2ccccc2)c1CBr. The standard InChI is InChI=1S/C10H9Br2N3/c11-6-9-10(7-12)15(14-13-9)8-4-2-1-3-5-8/h1-5H,6-7H2. The average Bonchev–Trinajstić information content (AvgIpc) is 2.72.